The van der Waals surface area contributed by atoms with Gasteiger partial charge in [0.2, 0.25) is 5.91 Å². The number of hydrogen-bond acceptors (Lipinski definition) is 5. The van der Waals surface area contributed by atoms with Crippen molar-refractivity contribution >= 4 is 11.7 Å². The Bertz CT molecular complexity index is 691. The molecule has 1 aliphatic heterocycles. The number of H-pyrrole nitrogens is 1. The van der Waals surface area contributed by atoms with Gasteiger partial charge in [-0.3, -0.25) is 14.9 Å². The van der Waals surface area contributed by atoms with Crippen LogP contribution >= 0.6 is 0 Å². The summed E-state index contributed by atoms with van der Waals surface area (Å²) in [5.41, 5.74) is 3.70. The number of aromatic amines is 1. The molecule has 7 nitrogen and oxygen atoms in total. The fraction of sp³-hybridized carbons (Fsp3) is 0.500. The second-order valence-corrected chi connectivity index (χ2v) is 5.91. The molecule has 3 heterocycles. The highest BCUT2D eigenvalue weighted by molar-refractivity contribution is 5.80. The van der Waals surface area contributed by atoms with Crippen molar-refractivity contribution in [1.82, 2.24) is 25.1 Å². The maximum Gasteiger partial charge on any atom is 0.227 e. The molecule has 3 rings (SSSR count). The second kappa shape index (κ2) is 6.36. The van der Waals surface area contributed by atoms with Gasteiger partial charge in [0.1, 0.15) is 5.82 Å². The van der Waals surface area contributed by atoms with Gasteiger partial charge in [-0.25, -0.2) is 4.98 Å². The van der Waals surface area contributed by atoms with E-state index in [9.17, 15) is 4.79 Å². The van der Waals surface area contributed by atoms with Crippen LogP contribution in [0.2, 0.25) is 0 Å². The number of aryl methyl sites for hydroxylation is 2. The minimum Gasteiger partial charge on any atom is -0.372 e. The minimum atomic E-state index is 0.0100. The van der Waals surface area contributed by atoms with Crippen LogP contribution in [0.5, 0.6) is 0 Å². The molecule has 7 heteroatoms. The van der Waals surface area contributed by atoms with Gasteiger partial charge in [0.25, 0.3) is 0 Å². The number of nitrogens with one attached hydrogen (secondary N) is 2. The number of hydrogen-bond donors (Lipinski definition) is 2. The zero-order chi connectivity index (χ0) is 16.4. The van der Waals surface area contributed by atoms with Crippen molar-refractivity contribution in [1.29, 1.82) is 0 Å². The van der Waals surface area contributed by atoms with Gasteiger partial charge in [0, 0.05) is 24.8 Å². The Morgan fingerprint density at radius 3 is 2.96 bits per heavy atom. The highest BCUT2D eigenvalue weighted by Crippen LogP contribution is 2.31. The Hall–Kier alpha value is -2.44. The van der Waals surface area contributed by atoms with Crippen LogP contribution in [-0.4, -0.2) is 44.6 Å². The fourth-order valence-electron chi connectivity index (χ4n) is 3.12. The lowest BCUT2D eigenvalue weighted by molar-refractivity contribution is -0.131. The number of carbonyl (C=O) groups is 1. The van der Waals surface area contributed by atoms with E-state index in [1.54, 1.807) is 12.4 Å². The monoisotopic (exact) mass is 314 g/mol. The third-order valence-electron chi connectivity index (χ3n) is 4.43. The Labute approximate surface area is 135 Å². The van der Waals surface area contributed by atoms with E-state index >= 15 is 0 Å². The lowest BCUT2D eigenvalue weighted by Crippen LogP contribution is -2.32. The van der Waals surface area contributed by atoms with Crippen molar-refractivity contribution in [2.75, 3.05) is 18.9 Å². The van der Waals surface area contributed by atoms with E-state index in [2.05, 4.69) is 25.5 Å². The molecule has 0 spiro atoms. The van der Waals surface area contributed by atoms with Gasteiger partial charge < -0.3 is 10.2 Å². The van der Waals surface area contributed by atoms with Crippen molar-refractivity contribution in [3.63, 3.8) is 0 Å². The van der Waals surface area contributed by atoms with Gasteiger partial charge in [-0.05, 0) is 26.7 Å². The van der Waals surface area contributed by atoms with Crippen LogP contribution in [0.15, 0.2) is 12.4 Å². The first-order valence-corrected chi connectivity index (χ1v) is 7.89. The molecule has 2 N–H and O–H groups in total. The molecule has 2 aromatic heterocycles. The second-order valence-electron chi connectivity index (χ2n) is 5.91. The number of nitrogens with zero attached hydrogens (tertiary/aromatic N) is 4. The van der Waals surface area contributed by atoms with Gasteiger partial charge in [-0.1, -0.05) is 0 Å². The number of rotatable bonds is 4. The summed E-state index contributed by atoms with van der Waals surface area (Å²) in [7, 11) is 1.82. The van der Waals surface area contributed by atoms with Crippen LogP contribution in [0.3, 0.4) is 0 Å². The maximum absolute atomic E-state index is 12.8. The van der Waals surface area contributed by atoms with E-state index in [1.807, 2.05) is 25.8 Å². The van der Waals surface area contributed by atoms with Crippen LogP contribution < -0.4 is 5.32 Å². The summed E-state index contributed by atoms with van der Waals surface area (Å²) < 4.78 is 0. The van der Waals surface area contributed by atoms with E-state index < -0.39 is 0 Å². The predicted octanol–water partition coefficient (Wildman–Crippen LogP) is 1.76. The third kappa shape index (κ3) is 3.04. The van der Waals surface area contributed by atoms with Crippen molar-refractivity contribution in [3.05, 3.63) is 35.0 Å². The molecular weight excluding hydrogens is 292 g/mol. The molecule has 2 aromatic rings. The fourth-order valence-corrected chi connectivity index (χ4v) is 3.12. The molecule has 0 aliphatic carbocycles. The summed E-state index contributed by atoms with van der Waals surface area (Å²) in [6.07, 6.45) is 5.74. The van der Waals surface area contributed by atoms with Gasteiger partial charge in [0.05, 0.1) is 36.2 Å². The smallest absolute Gasteiger partial charge is 0.227 e. The van der Waals surface area contributed by atoms with Gasteiger partial charge in [0.15, 0.2) is 0 Å². The lowest BCUT2D eigenvalue weighted by Gasteiger charge is -2.24. The average Bonchev–Trinajstić information content (AvgIpc) is 3.17. The molecule has 0 radical (unpaired) electrons. The average molecular weight is 314 g/mol. The summed E-state index contributed by atoms with van der Waals surface area (Å²) in [6, 6.07) is 0.0100. The van der Waals surface area contributed by atoms with Crippen LogP contribution in [0, 0.1) is 13.8 Å². The summed E-state index contributed by atoms with van der Waals surface area (Å²) in [5, 5.41) is 10.1. The van der Waals surface area contributed by atoms with Crippen LogP contribution in [-0.2, 0) is 11.2 Å². The minimum absolute atomic E-state index is 0.0100. The number of carbonyl (C=O) groups excluding carboxylic acids is 1. The van der Waals surface area contributed by atoms with Gasteiger partial charge in [-0.2, -0.15) is 5.10 Å². The third-order valence-corrected chi connectivity index (χ3v) is 4.43. The Morgan fingerprint density at radius 1 is 1.43 bits per heavy atom. The molecule has 122 valence electrons. The quantitative estimate of drug-likeness (QED) is 0.898. The molecule has 1 atom stereocenters. The normalized spacial score (nSPS) is 17.5. The van der Waals surface area contributed by atoms with Gasteiger partial charge >= 0.3 is 0 Å². The molecule has 1 amide bonds. The zero-order valence-corrected chi connectivity index (χ0v) is 13.8. The Morgan fingerprint density at radius 2 is 2.26 bits per heavy atom. The molecule has 0 bridgehead atoms. The summed E-state index contributed by atoms with van der Waals surface area (Å²) in [4.78, 5) is 23.5. The number of amides is 1. The summed E-state index contributed by atoms with van der Waals surface area (Å²) in [6.45, 7) is 4.65. The first-order valence-electron chi connectivity index (χ1n) is 7.89. The lowest BCUT2D eigenvalue weighted by atomic mass is 10.1. The molecule has 0 aromatic carbocycles. The number of anilines is 1. The molecular formula is C16H22N6O. The zero-order valence-electron chi connectivity index (χ0n) is 13.8. The van der Waals surface area contributed by atoms with E-state index in [0.717, 1.165) is 47.8 Å². The predicted molar refractivity (Wildman–Crippen MR) is 87.0 cm³/mol. The topological polar surface area (TPSA) is 86.8 Å². The largest absolute Gasteiger partial charge is 0.372 e. The van der Waals surface area contributed by atoms with Crippen LogP contribution in [0.25, 0.3) is 0 Å². The molecule has 1 aliphatic rings. The van der Waals surface area contributed by atoms with E-state index in [-0.39, 0.29) is 11.9 Å². The number of aromatic nitrogens is 4. The van der Waals surface area contributed by atoms with Crippen molar-refractivity contribution in [3.8, 4) is 0 Å². The molecule has 1 unspecified atom stereocenters. The standard InChI is InChI=1S/C16H22N6O/c1-10-12(11(2)21-20-10)7-16(23)22-6-4-5-14(22)13-8-18-9-15(17-3)19-13/h8-9,14H,4-7H2,1-3H3,(H,17,19)(H,20,21). The van der Waals surface area contributed by atoms with Crippen molar-refractivity contribution < 1.29 is 4.79 Å². The Balaban J connectivity index is 1.79. The van der Waals surface area contributed by atoms with Gasteiger partial charge in [-0.15, -0.1) is 0 Å². The van der Waals surface area contributed by atoms with Crippen LogP contribution in [0.1, 0.15) is 41.5 Å². The van der Waals surface area contributed by atoms with Crippen molar-refractivity contribution in [2.24, 2.45) is 0 Å². The van der Waals surface area contributed by atoms with E-state index in [4.69, 9.17) is 0 Å². The van der Waals surface area contributed by atoms with E-state index in [1.165, 1.54) is 0 Å². The molecule has 1 saturated heterocycles. The highest BCUT2D eigenvalue weighted by Gasteiger charge is 2.31. The first kappa shape index (κ1) is 15.5. The summed E-state index contributed by atoms with van der Waals surface area (Å²) in [5.74, 6) is 0.847. The Kier molecular flexibility index (Phi) is 4.27. The molecule has 0 saturated carbocycles. The molecule has 1 fully saturated rings. The summed E-state index contributed by atoms with van der Waals surface area (Å²) >= 11 is 0. The first-order chi connectivity index (χ1) is 11.1. The highest BCUT2D eigenvalue weighted by atomic mass is 16.2. The SMILES string of the molecule is CNc1cncc(C2CCCN2C(=O)Cc2c(C)n[nH]c2C)n1. The molecule has 23 heavy (non-hydrogen) atoms. The van der Waals surface area contributed by atoms with E-state index in [0.29, 0.717) is 6.42 Å². The van der Waals surface area contributed by atoms with Crippen molar-refractivity contribution in [2.45, 2.75) is 39.2 Å². The van der Waals surface area contributed by atoms with Crippen LogP contribution in [0.4, 0.5) is 5.82 Å². The number of likely N-dealkylation sites (tertiary alicyclic amines) is 1. The maximum atomic E-state index is 12.8.